The Labute approximate surface area is 96.5 Å². The van der Waals surface area contributed by atoms with Crippen molar-refractivity contribution in [1.82, 2.24) is 4.57 Å². The Morgan fingerprint density at radius 2 is 1.62 bits per heavy atom. The van der Waals surface area contributed by atoms with Crippen molar-refractivity contribution in [3.8, 4) is 5.75 Å². The van der Waals surface area contributed by atoms with Crippen molar-refractivity contribution >= 4 is 0 Å². The molecular formula is C14H17NO. The lowest BCUT2D eigenvalue weighted by Gasteiger charge is -2.08. The highest BCUT2D eigenvalue weighted by molar-refractivity contribution is 5.32. The fourth-order valence-corrected chi connectivity index (χ4v) is 1.80. The second-order valence-corrected chi connectivity index (χ2v) is 4.09. The molecule has 1 aromatic carbocycles. The third-order valence-corrected chi connectivity index (χ3v) is 2.48. The van der Waals surface area contributed by atoms with E-state index in [0.717, 1.165) is 12.3 Å². The summed E-state index contributed by atoms with van der Waals surface area (Å²) in [5, 5.41) is 0. The molecule has 84 valence electrons. The van der Waals surface area contributed by atoms with Crippen LogP contribution >= 0.6 is 0 Å². The summed E-state index contributed by atoms with van der Waals surface area (Å²) in [5.74, 6) is 0.963. The molecule has 0 fully saturated rings. The van der Waals surface area contributed by atoms with Crippen molar-refractivity contribution in [2.75, 3.05) is 6.61 Å². The summed E-state index contributed by atoms with van der Waals surface area (Å²) < 4.78 is 7.83. The van der Waals surface area contributed by atoms with Crippen LogP contribution in [-0.4, -0.2) is 11.2 Å². The predicted octanol–water partition coefficient (Wildman–Crippen LogP) is 3.18. The first-order valence-corrected chi connectivity index (χ1v) is 5.56. The Hall–Kier alpha value is -1.70. The molecule has 0 aliphatic heterocycles. The van der Waals surface area contributed by atoms with E-state index >= 15 is 0 Å². The zero-order chi connectivity index (χ0) is 11.4. The van der Waals surface area contributed by atoms with Crippen LogP contribution in [0.25, 0.3) is 0 Å². The van der Waals surface area contributed by atoms with Crippen LogP contribution in [0.3, 0.4) is 0 Å². The maximum atomic E-state index is 5.72. The number of nitrogens with zero attached hydrogens (tertiary/aromatic N) is 1. The minimum Gasteiger partial charge on any atom is -0.492 e. The Balaban J connectivity index is 1.89. The lowest BCUT2D eigenvalue weighted by atomic mass is 10.1. The van der Waals surface area contributed by atoms with Crippen LogP contribution in [0.15, 0.2) is 42.7 Å². The molecule has 0 saturated carbocycles. The van der Waals surface area contributed by atoms with Crippen molar-refractivity contribution in [3.05, 3.63) is 53.9 Å². The maximum Gasteiger partial charge on any atom is 0.119 e. The topological polar surface area (TPSA) is 14.2 Å². The van der Waals surface area contributed by atoms with Crippen LogP contribution in [0.2, 0.25) is 0 Å². The maximum absolute atomic E-state index is 5.72. The van der Waals surface area contributed by atoms with Gasteiger partial charge in [0.25, 0.3) is 0 Å². The standard InChI is InChI=1S/C14H17NO/c1-12-9-13(2)11-14(10-12)16-8-7-15-5-3-4-6-15/h3-6,9-11H,7-8H2,1-2H3. The largest absolute Gasteiger partial charge is 0.492 e. The van der Waals surface area contributed by atoms with Gasteiger partial charge in [-0.2, -0.15) is 0 Å². The molecule has 16 heavy (non-hydrogen) atoms. The van der Waals surface area contributed by atoms with Crippen molar-refractivity contribution in [3.63, 3.8) is 0 Å². The lowest BCUT2D eigenvalue weighted by Crippen LogP contribution is -2.06. The predicted molar refractivity (Wildman–Crippen MR) is 65.8 cm³/mol. The summed E-state index contributed by atoms with van der Waals surface area (Å²) in [7, 11) is 0. The SMILES string of the molecule is Cc1cc(C)cc(OCCn2cccc2)c1. The molecule has 1 aromatic heterocycles. The number of benzene rings is 1. The molecule has 0 spiro atoms. The van der Waals surface area contributed by atoms with Crippen LogP contribution in [0.5, 0.6) is 5.75 Å². The van der Waals surface area contributed by atoms with Crippen LogP contribution < -0.4 is 4.74 Å². The fourth-order valence-electron chi connectivity index (χ4n) is 1.80. The van der Waals surface area contributed by atoms with Crippen LogP contribution in [0.4, 0.5) is 0 Å². The number of hydrogen-bond donors (Lipinski definition) is 0. The van der Waals surface area contributed by atoms with Gasteiger partial charge in [0.15, 0.2) is 0 Å². The van der Waals surface area contributed by atoms with Crippen LogP contribution in [0.1, 0.15) is 11.1 Å². The van der Waals surface area contributed by atoms with E-state index in [1.54, 1.807) is 0 Å². The highest BCUT2D eigenvalue weighted by Crippen LogP contribution is 2.16. The summed E-state index contributed by atoms with van der Waals surface area (Å²) in [6.45, 7) is 5.77. The summed E-state index contributed by atoms with van der Waals surface area (Å²) >= 11 is 0. The zero-order valence-corrected chi connectivity index (χ0v) is 9.81. The molecule has 0 atom stereocenters. The fraction of sp³-hybridized carbons (Fsp3) is 0.286. The van der Waals surface area contributed by atoms with Crippen molar-refractivity contribution in [1.29, 1.82) is 0 Å². The van der Waals surface area contributed by atoms with Gasteiger partial charge in [-0.25, -0.2) is 0 Å². The van der Waals surface area contributed by atoms with E-state index in [-0.39, 0.29) is 0 Å². The first-order chi connectivity index (χ1) is 7.74. The van der Waals surface area contributed by atoms with Gasteiger partial charge in [-0.1, -0.05) is 6.07 Å². The normalized spacial score (nSPS) is 10.4. The Bertz CT molecular complexity index is 426. The van der Waals surface area contributed by atoms with Gasteiger partial charge in [-0.05, 0) is 49.2 Å². The number of aryl methyl sites for hydroxylation is 2. The molecule has 0 radical (unpaired) electrons. The van der Waals surface area contributed by atoms with Crippen LogP contribution in [0, 0.1) is 13.8 Å². The van der Waals surface area contributed by atoms with Gasteiger partial charge >= 0.3 is 0 Å². The van der Waals surface area contributed by atoms with Gasteiger partial charge in [0.1, 0.15) is 12.4 Å². The van der Waals surface area contributed by atoms with Crippen molar-refractivity contribution < 1.29 is 4.74 Å². The third-order valence-electron chi connectivity index (χ3n) is 2.48. The molecule has 2 rings (SSSR count). The quantitative estimate of drug-likeness (QED) is 0.764. The smallest absolute Gasteiger partial charge is 0.119 e. The van der Waals surface area contributed by atoms with E-state index in [1.165, 1.54) is 11.1 Å². The first-order valence-electron chi connectivity index (χ1n) is 5.56. The van der Waals surface area contributed by atoms with Gasteiger partial charge in [-0.15, -0.1) is 0 Å². The van der Waals surface area contributed by atoms with Crippen LogP contribution in [-0.2, 0) is 6.54 Å². The molecular weight excluding hydrogens is 198 g/mol. The first kappa shape index (κ1) is 10.8. The van der Waals surface area contributed by atoms with E-state index in [0.29, 0.717) is 6.61 Å². The van der Waals surface area contributed by atoms with Gasteiger partial charge < -0.3 is 9.30 Å². The van der Waals surface area contributed by atoms with Crippen molar-refractivity contribution in [2.24, 2.45) is 0 Å². The summed E-state index contributed by atoms with van der Waals surface area (Å²) in [6.07, 6.45) is 4.09. The molecule has 0 aliphatic rings. The summed E-state index contributed by atoms with van der Waals surface area (Å²) in [4.78, 5) is 0. The minimum absolute atomic E-state index is 0.706. The molecule has 0 saturated heterocycles. The number of hydrogen-bond acceptors (Lipinski definition) is 1. The molecule has 0 unspecified atom stereocenters. The number of aromatic nitrogens is 1. The monoisotopic (exact) mass is 215 g/mol. The van der Waals surface area contributed by atoms with Crippen molar-refractivity contribution in [2.45, 2.75) is 20.4 Å². The average Bonchev–Trinajstić information content (AvgIpc) is 2.69. The third kappa shape index (κ3) is 2.89. The van der Waals surface area contributed by atoms with E-state index in [4.69, 9.17) is 4.74 Å². The highest BCUT2D eigenvalue weighted by Gasteiger charge is 1.96. The molecule has 1 heterocycles. The zero-order valence-electron chi connectivity index (χ0n) is 9.81. The molecule has 0 N–H and O–H groups in total. The van der Waals surface area contributed by atoms with E-state index in [1.807, 2.05) is 24.5 Å². The number of rotatable bonds is 4. The van der Waals surface area contributed by atoms with Gasteiger partial charge in [0, 0.05) is 12.4 Å². The van der Waals surface area contributed by atoms with Gasteiger partial charge in [-0.3, -0.25) is 0 Å². The van der Waals surface area contributed by atoms with Gasteiger partial charge in [0.2, 0.25) is 0 Å². The van der Waals surface area contributed by atoms with E-state index < -0.39 is 0 Å². The Kier molecular flexibility index (Phi) is 3.30. The average molecular weight is 215 g/mol. The highest BCUT2D eigenvalue weighted by atomic mass is 16.5. The van der Waals surface area contributed by atoms with E-state index in [2.05, 4.69) is 36.6 Å². The van der Waals surface area contributed by atoms with Gasteiger partial charge in [0.05, 0.1) is 6.54 Å². The van der Waals surface area contributed by atoms with E-state index in [9.17, 15) is 0 Å². The molecule has 0 aliphatic carbocycles. The minimum atomic E-state index is 0.706. The second-order valence-electron chi connectivity index (χ2n) is 4.09. The lowest BCUT2D eigenvalue weighted by molar-refractivity contribution is 0.298. The number of ether oxygens (including phenoxy) is 1. The molecule has 0 amide bonds. The summed E-state index contributed by atoms with van der Waals surface area (Å²) in [6, 6.07) is 10.3. The summed E-state index contributed by atoms with van der Waals surface area (Å²) in [5.41, 5.74) is 2.49. The molecule has 2 aromatic rings. The Morgan fingerprint density at radius 1 is 1.00 bits per heavy atom. The molecule has 0 bridgehead atoms. The molecule has 2 nitrogen and oxygen atoms in total. The second kappa shape index (κ2) is 4.88. The molecule has 2 heteroatoms. The Morgan fingerprint density at radius 3 is 2.25 bits per heavy atom.